The average Bonchev–Trinajstić information content (AvgIpc) is 3.30. The lowest BCUT2D eigenvalue weighted by atomic mass is 9.93. The number of likely N-dealkylation sites (tertiary alicyclic amines) is 2. The van der Waals surface area contributed by atoms with Crippen molar-refractivity contribution in [2.75, 3.05) is 32.4 Å². The van der Waals surface area contributed by atoms with Crippen LogP contribution in [0.3, 0.4) is 0 Å². The molecule has 9 heteroatoms. The van der Waals surface area contributed by atoms with Crippen LogP contribution in [0.5, 0.6) is 0 Å². The molecule has 0 spiro atoms. The fraction of sp³-hybridized carbons (Fsp3) is 0.611. The van der Waals surface area contributed by atoms with Gasteiger partial charge in [-0.2, -0.15) is 0 Å². The van der Waals surface area contributed by atoms with E-state index in [-0.39, 0.29) is 19.6 Å². The van der Waals surface area contributed by atoms with Crippen molar-refractivity contribution in [2.45, 2.75) is 35.6 Å². The summed E-state index contributed by atoms with van der Waals surface area (Å²) in [6.07, 6.45) is 2.87. The quantitative estimate of drug-likeness (QED) is 0.753. The highest BCUT2D eigenvalue weighted by molar-refractivity contribution is 7.90. The molecule has 3 aliphatic rings. The van der Waals surface area contributed by atoms with Crippen molar-refractivity contribution < 1.29 is 26.4 Å². The predicted octanol–water partition coefficient (Wildman–Crippen LogP) is 1.71. The van der Waals surface area contributed by atoms with Gasteiger partial charge >= 0.3 is 0 Å². The molecule has 1 aromatic carbocycles. The predicted molar refractivity (Wildman–Crippen MR) is 91.8 cm³/mol. The number of carbonyl (C=O) groups excluding carboxylic acids is 1. The SMILES string of the molecule is CS(=O)(=O)c1cc(CN2C[C@]3(F)CN(CC4CC4)C(=O)[C@]3(F)C2)ccc1F. The lowest BCUT2D eigenvalue weighted by Crippen LogP contribution is -2.47. The normalized spacial score (nSPS) is 31.6. The average molecular weight is 402 g/mol. The number of sulfone groups is 1. The molecule has 4 rings (SSSR count). The molecule has 2 atom stereocenters. The summed E-state index contributed by atoms with van der Waals surface area (Å²) in [4.78, 5) is 14.8. The maximum absolute atomic E-state index is 15.3. The van der Waals surface area contributed by atoms with Crippen LogP contribution in [0.4, 0.5) is 13.2 Å². The van der Waals surface area contributed by atoms with Crippen molar-refractivity contribution >= 4 is 15.7 Å². The highest BCUT2D eigenvalue weighted by Crippen LogP contribution is 2.47. The fourth-order valence-electron chi connectivity index (χ4n) is 4.10. The molecule has 0 radical (unpaired) electrons. The first kappa shape index (κ1) is 18.7. The van der Waals surface area contributed by atoms with Crippen LogP contribution in [0.1, 0.15) is 18.4 Å². The van der Waals surface area contributed by atoms with Gasteiger partial charge in [0.1, 0.15) is 10.7 Å². The van der Waals surface area contributed by atoms with Crippen LogP contribution in [0.2, 0.25) is 0 Å². The van der Waals surface area contributed by atoms with Crippen LogP contribution in [0.15, 0.2) is 23.1 Å². The van der Waals surface area contributed by atoms with Crippen molar-refractivity contribution in [3.63, 3.8) is 0 Å². The van der Waals surface area contributed by atoms with Crippen LogP contribution in [0, 0.1) is 11.7 Å². The van der Waals surface area contributed by atoms with Gasteiger partial charge in [-0.1, -0.05) is 6.07 Å². The van der Waals surface area contributed by atoms with Crippen molar-refractivity contribution in [1.82, 2.24) is 9.80 Å². The van der Waals surface area contributed by atoms with Crippen LogP contribution >= 0.6 is 0 Å². The Balaban J connectivity index is 1.51. The lowest BCUT2D eigenvalue weighted by Gasteiger charge is -2.22. The molecule has 1 aliphatic carbocycles. The third kappa shape index (κ3) is 3.14. The first-order valence-corrected chi connectivity index (χ1v) is 10.8. The molecule has 0 unspecified atom stereocenters. The summed E-state index contributed by atoms with van der Waals surface area (Å²) in [5, 5.41) is 0. The molecule has 3 fully saturated rings. The number of halogens is 3. The number of hydrogen-bond donors (Lipinski definition) is 0. The second-order valence-corrected chi connectivity index (χ2v) is 10.1. The molecule has 2 saturated heterocycles. The van der Waals surface area contributed by atoms with E-state index in [1.54, 1.807) is 0 Å². The first-order chi connectivity index (χ1) is 12.5. The van der Waals surface area contributed by atoms with Crippen molar-refractivity contribution in [3.05, 3.63) is 29.6 Å². The molecule has 27 heavy (non-hydrogen) atoms. The second kappa shape index (κ2) is 5.94. The Hall–Kier alpha value is -1.61. The Morgan fingerprint density at radius 1 is 1.19 bits per heavy atom. The minimum atomic E-state index is -3.75. The van der Waals surface area contributed by atoms with E-state index in [0.29, 0.717) is 18.0 Å². The number of carbonyl (C=O) groups is 1. The van der Waals surface area contributed by atoms with E-state index >= 15 is 8.78 Å². The van der Waals surface area contributed by atoms with Gasteiger partial charge in [-0.25, -0.2) is 21.6 Å². The monoisotopic (exact) mass is 402 g/mol. The van der Waals surface area contributed by atoms with E-state index in [1.165, 1.54) is 21.9 Å². The van der Waals surface area contributed by atoms with Crippen LogP contribution in [0.25, 0.3) is 0 Å². The largest absolute Gasteiger partial charge is 0.336 e. The molecule has 1 aromatic rings. The van der Waals surface area contributed by atoms with E-state index in [1.807, 2.05) is 0 Å². The molecule has 1 amide bonds. The molecule has 0 N–H and O–H groups in total. The number of fused-ring (bicyclic) bond motifs is 1. The van der Waals surface area contributed by atoms with E-state index in [2.05, 4.69) is 0 Å². The number of amides is 1. The van der Waals surface area contributed by atoms with Gasteiger partial charge in [-0.3, -0.25) is 9.69 Å². The first-order valence-electron chi connectivity index (χ1n) is 8.90. The second-order valence-electron chi connectivity index (χ2n) is 8.08. The number of nitrogens with zero attached hydrogens (tertiary/aromatic N) is 2. The molecular formula is C18H21F3N2O3S. The summed E-state index contributed by atoms with van der Waals surface area (Å²) in [5.74, 6) is -1.31. The van der Waals surface area contributed by atoms with Gasteiger partial charge in [0, 0.05) is 32.4 Å². The van der Waals surface area contributed by atoms with Gasteiger partial charge in [-0.15, -0.1) is 0 Å². The summed E-state index contributed by atoms with van der Waals surface area (Å²) in [7, 11) is -3.75. The smallest absolute Gasteiger partial charge is 0.265 e. The van der Waals surface area contributed by atoms with Crippen molar-refractivity contribution in [2.24, 2.45) is 5.92 Å². The number of rotatable bonds is 5. The summed E-state index contributed by atoms with van der Waals surface area (Å²) < 4.78 is 67.7. The molecule has 148 valence electrons. The summed E-state index contributed by atoms with van der Waals surface area (Å²) in [6.45, 7) is -0.466. The van der Waals surface area contributed by atoms with E-state index in [9.17, 15) is 17.6 Å². The van der Waals surface area contributed by atoms with Gasteiger partial charge in [0.05, 0.1) is 6.54 Å². The fourth-order valence-corrected chi connectivity index (χ4v) is 4.89. The zero-order valence-corrected chi connectivity index (χ0v) is 15.7. The Bertz CT molecular complexity index is 905. The minimum Gasteiger partial charge on any atom is -0.336 e. The van der Waals surface area contributed by atoms with Gasteiger partial charge in [0.25, 0.3) is 5.91 Å². The third-order valence-corrected chi connectivity index (χ3v) is 6.78. The summed E-state index contributed by atoms with van der Waals surface area (Å²) >= 11 is 0. The third-order valence-electron chi connectivity index (χ3n) is 5.67. The highest BCUT2D eigenvalue weighted by Gasteiger charge is 2.71. The maximum Gasteiger partial charge on any atom is 0.265 e. The zero-order chi connectivity index (χ0) is 19.6. The van der Waals surface area contributed by atoms with Crippen LogP contribution in [-0.4, -0.2) is 67.9 Å². The molecule has 0 bridgehead atoms. The topological polar surface area (TPSA) is 57.7 Å². The highest BCUT2D eigenvalue weighted by atomic mass is 32.2. The zero-order valence-electron chi connectivity index (χ0n) is 14.9. The Kier molecular flexibility index (Phi) is 4.12. The summed E-state index contributed by atoms with van der Waals surface area (Å²) in [5.41, 5.74) is -4.44. The molecule has 0 aromatic heterocycles. The van der Waals surface area contributed by atoms with E-state index < -0.39 is 44.3 Å². The minimum absolute atomic E-state index is 0.0377. The molecule has 2 heterocycles. The maximum atomic E-state index is 15.3. The molecule has 2 aliphatic heterocycles. The van der Waals surface area contributed by atoms with Gasteiger partial charge in [0.15, 0.2) is 15.5 Å². The van der Waals surface area contributed by atoms with Gasteiger partial charge < -0.3 is 4.90 Å². The van der Waals surface area contributed by atoms with Gasteiger partial charge in [0.2, 0.25) is 5.67 Å². The van der Waals surface area contributed by atoms with Crippen molar-refractivity contribution in [1.29, 1.82) is 0 Å². The number of benzene rings is 1. The molecule has 1 saturated carbocycles. The van der Waals surface area contributed by atoms with Gasteiger partial charge in [-0.05, 0) is 36.5 Å². The van der Waals surface area contributed by atoms with Crippen LogP contribution in [-0.2, 0) is 21.2 Å². The summed E-state index contributed by atoms with van der Waals surface area (Å²) in [6, 6.07) is 3.59. The molecule has 5 nitrogen and oxygen atoms in total. The number of alkyl halides is 2. The number of hydrogen-bond acceptors (Lipinski definition) is 4. The molecular weight excluding hydrogens is 381 g/mol. The Labute approximate surface area is 156 Å². The van der Waals surface area contributed by atoms with E-state index in [0.717, 1.165) is 25.2 Å². The lowest BCUT2D eigenvalue weighted by molar-refractivity contribution is -0.139. The Morgan fingerprint density at radius 3 is 2.48 bits per heavy atom. The van der Waals surface area contributed by atoms with Crippen molar-refractivity contribution in [3.8, 4) is 0 Å². The van der Waals surface area contributed by atoms with Crippen LogP contribution < -0.4 is 0 Å². The Morgan fingerprint density at radius 2 is 1.89 bits per heavy atom. The standard InChI is InChI=1S/C18H21F3N2O3S/c1-27(25,26)15-6-13(4-5-14(15)19)7-22-9-17(20)10-23(8-12-2-3-12)16(24)18(17,21)11-22/h4-6,12H,2-3,7-11H2,1H3/t17-,18+/m0/s1. The van der Waals surface area contributed by atoms with E-state index in [4.69, 9.17) is 0 Å².